The number of hydrogen-bond donors (Lipinski definition) is 1. The maximum absolute atomic E-state index is 11.0. The molecule has 1 N–H and O–H groups in total. The monoisotopic (exact) mass is 300 g/mol. The quantitative estimate of drug-likeness (QED) is 0.905. The zero-order valence-corrected chi connectivity index (χ0v) is 11.9. The van der Waals surface area contributed by atoms with Crippen LogP contribution in [0.3, 0.4) is 0 Å². The van der Waals surface area contributed by atoms with E-state index < -0.39 is 11.4 Å². The largest absolute Gasteiger partial charge is 0.496 e. The van der Waals surface area contributed by atoms with Crippen LogP contribution in [0.2, 0.25) is 0 Å². The summed E-state index contributed by atoms with van der Waals surface area (Å²) >= 11 is 3.40. The summed E-state index contributed by atoms with van der Waals surface area (Å²) in [5.41, 5.74) is 0.309. The molecule has 0 unspecified atom stereocenters. The van der Waals surface area contributed by atoms with Crippen molar-refractivity contribution in [3.8, 4) is 5.75 Å². The molecule has 1 aromatic carbocycles. The second-order valence-electron chi connectivity index (χ2n) is 4.65. The van der Waals surface area contributed by atoms with Crippen molar-refractivity contribution in [2.75, 3.05) is 7.11 Å². The van der Waals surface area contributed by atoms with E-state index in [0.717, 1.165) is 15.8 Å². The summed E-state index contributed by atoms with van der Waals surface area (Å²) in [7, 11) is 1.62. The van der Waals surface area contributed by atoms with Crippen molar-refractivity contribution in [2.45, 2.75) is 26.7 Å². The predicted molar refractivity (Wildman–Crippen MR) is 70.4 cm³/mol. The van der Waals surface area contributed by atoms with Crippen LogP contribution in [-0.2, 0) is 11.2 Å². The van der Waals surface area contributed by atoms with Crippen LogP contribution in [0.15, 0.2) is 22.7 Å². The number of rotatable bonds is 5. The number of hydrogen-bond acceptors (Lipinski definition) is 2. The van der Waals surface area contributed by atoms with E-state index in [-0.39, 0.29) is 0 Å². The van der Waals surface area contributed by atoms with Crippen LogP contribution in [0.25, 0.3) is 0 Å². The maximum Gasteiger partial charge on any atom is 0.309 e. The minimum absolute atomic E-state index is 0.579. The number of carboxylic acids is 1. The van der Waals surface area contributed by atoms with Gasteiger partial charge in [-0.1, -0.05) is 15.9 Å². The van der Waals surface area contributed by atoms with Crippen molar-refractivity contribution in [1.82, 2.24) is 0 Å². The Bertz CT molecular complexity index is 413. The number of carbonyl (C=O) groups is 1. The molecule has 17 heavy (non-hydrogen) atoms. The Labute approximate surface area is 110 Å². The molecule has 0 aliphatic rings. The highest BCUT2D eigenvalue weighted by molar-refractivity contribution is 9.10. The van der Waals surface area contributed by atoms with Gasteiger partial charge in [0.2, 0.25) is 0 Å². The molecule has 1 aromatic rings. The van der Waals surface area contributed by atoms with Crippen LogP contribution in [0.5, 0.6) is 5.75 Å². The minimum atomic E-state index is -0.772. The Hall–Kier alpha value is -1.03. The van der Waals surface area contributed by atoms with E-state index in [2.05, 4.69) is 15.9 Å². The second-order valence-corrected chi connectivity index (χ2v) is 5.56. The van der Waals surface area contributed by atoms with Gasteiger partial charge in [-0.2, -0.15) is 0 Å². The molecule has 0 saturated heterocycles. The van der Waals surface area contributed by atoms with Crippen LogP contribution in [0, 0.1) is 5.41 Å². The smallest absolute Gasteiger partial charge is 0.309 e. The van der Waals surface area contributed by atoms with E-state index in [1.165, 1.54) is 0 Å². The van der Waals surface area contributed by atoms with E-state index in [1.807, 2.05) is 18.2 Å². The van der Waals surface area contributed by atoms with E-state index in [0.29, 0.717) is 12.8 Å². The Kier molecular flexibility index (Phi) is 4.57. The fourth-order valence-electron chi connectivity index (χ4n) is 1.50. The number of halogens is 1. The molecule has 0 aliphatic heterocycles. The molecule has 0 amide bonds. The van der Waals surface area contributed by atoms with Crippen LogP contribution in [0.1, 0.15) is 25.8 Å². The van der Waals surface area contributed by atoms with Gasteiger partial charge in [0.25, 0.3) is 0 Å². The summed E-state index contributed by atoms with van der Waals surface area (Å²) in [5.74, 6) is 0.0286. The van der Waals surface area contributed by atoms with Gasteiger partial charge in [0.05, 0.1) is 12.5 Å². The fourth-order valence-corrected chi connectivity index (χ4v) is 1.91. The van der Waals surface area contributed by atoms with Crippen molar-refractivity contribution >= 4 is 21.9 Å². The van der Waals surface area contributed by atoms with E-state index in [9.17, 15) is 4.79 Å². The number of carboxylic acid groups (broad SMARTS) is 1. The lowest BCUT2D eigenvalue weighted by atomic mass is 9.86. The standard InChI is InChI=1S/C13H17BrO3/c1-13(2,12(15)16)7-6-9-8-10(14)4-5-11(9)17-3/h4-5,8H,6-7H2,1-3H3,(H,15,16). The topological polar surface area (TPSA) is 46.5 Å². The minimum Gasteiger partial charge on any atom is -0.496 e. The van der Waals surface area contributed by atoms with Crippen LogP contribution >= 0.6 is 15.9 Å². The zero-order valence-electron chi connectivity index (χ0n) is 10.3. The van der Waals surface area contributed by atoms with Crippen molar-refractivity contribution in [1.29, 1.82) is 0 Å². The molecule has 0 atom stereocenters. The second kappa shape index (κ2) is 5.54. The van der Waals surface area contributed by atoms with E-state index >= 15 is 0 Å². The van der Waals surface area contributed by atoms with Gasteiger partial charge in [-0.05, 0) is 50.5 Å². The SMILES string of the molecule is COc1ccc(Br)cc1CCC(C)(C)C(=O)O. The molecule has 3 nitrogen and oxygen atoms in total. The Morgan fingerprint density at radius 1 is 1.47 bits per heavy atom. The van der Waals surface area contributed by atoms with Gasteiger partial charge in [-0.3, -0.25) is 4.79 Å². The van der Waals surface area contributed by atoms with Crippen LogP contribution in [0.4, 0.5) is 0 Å². The van der Waals surface area contributed by atoms with Crippen molar-refractivity contribution in [3.63, 3.8) is 0 Å². The molecule has 0 fully saturated rings. The fraction of sp³-hybridized carbons (Fsp3) is 0.462. The van der Waals surface area contributed by atoms with Gasteiger partial charge >= 0.3 is 5.97 Å². The highest BCUT2D eigenvalue weighted by Crippen LogP contribution is 2.28. The summed E-state index contributed by atoms with van der Waals surface area (Å²) in [6.07, 6.45) is 1.26. The summed E-state index contributed by atoms with van der Waals surface area (Å²) in [6, 6.07) is 5.76. The number of ether oxygens (including phenoxy) is 1. The van der Waals surface area contributed by atoms with Crippen LogP contribution < -0.4 is 4.74 Å². The van der Waals surface area contributed by atoms with Gasteiger partial charge in [0.1, 0.15) is 5.75 Å². The summed E-state index contributed by atoms with van der Waals surface area (Å²) in [4.78, 5) is 11.0. The van der Waals surface area contributed by atoms with E-state index in [1.54, 1.807) is 21.0 Å². The van der Waals surface area contributed by atoms with Crippen molar-refractivity contribution in [2.24, 2.45) is 5.41 Å². The van der Waals surface area contributed by atoms with Gasteiger partial charge in [-0.25, -0.2) is 0 Å². The molecule has 1 rings (SSSR count). The third-order valence-electron chi connectivity index (χ3n) is 2.84. The zero-order chi connectivity index (χ0) is 13.1. The van der Waals surface area contributed by atoms with Gasteiger partial charge in [-0.15, -0.1) is 0 Å². The molecule has 0 bridgehead atoms. The molecule has 0 heterocycles. The molecule has 0 radical (unpaired) electrons. The molecule has 0 aromatic heterocycles. The molecular formula is C13H17BrO3. The molecular weight excluding hydrogens is 284 g/mol. The average Bonchev–Trinajstić information content (AvgIpc) is 2.26. The molecule has 0 saturated carbocycles. The highest BCUT2D eigenvalue weighted by Gasteiger charge is 2.26. The number of benzene rings is 1. The van der Waals surface area contributed by atoms with Gasteiger partial charge in [0.15, 0.2) is 0 Å². The lowest BCUT2D eigenvalue weighted by Gasteiger charge is -2.19. The third-order valence-corrected chi connectivity index (χ3v) is 3.33. The maximum atomic E-state index is 11.0. The van der Waals surface area contributed by atoms with Crippen molar-refractivity contribution < 1.29 is 14.6 Å². The lowest BCUT2D eigenvalue weighted by Crippen LogP contribution is -2.24. The Balaban J connectivity index is 2.81. The lowest BCUT2D eigenvalue weighted by molar-refractivity contribution is -0.147. The first-order valence-electron chi connectivity index (χ1n) is 5.42. The number of aliphatic carboxylic acids is 1. The summed E-state index contributed by atoms with van der Waals surface area (Å²) in [6.45, 7) is 3.47. The average molecular weight is 301 g/mol. The summed E-state index contributed by atoms with van der Waals surface area (Å²) in [5, 5.41) is 9.06. The first kappa shape index (κ1) is 14.0. The number of methoxy groups -OCH3 is 1. The Morgan fingerprint density at radius 2 is 2.12 bits per heavy atom. The Morgan fingerprint density at radius 3 is 2.65 bits per heavy atom. The number of aryl methyl sites for hydroxylation is 1. The summed E-state index contributed by atoms with van der Waals surface area (Å²) < 4.78 is 6.23. The first-order chi connectivity index (χ1) is 7.86. The highest BCUT2D eigenvalue weighted by atomic mass is 79.9. The van der Waals surface area contributed by atoms with Crippen molar-refractivity contribution in [3.05, 3.63) is 28.2 Å². The van der Waals surface area contributed by atoms with Crippen LogP contribution in [-0.4, -0.2) is 18.2 Å². The van der Waals surface area contributed by atoms with Gasteiger partial charge < -0.3 is 9.84 Å². The first-order valence-corrected chi connectivity index (χ1v) is 6.22. The molecule has 0 spiro atoms. The molecule has 94 valence electrons. The molecule has 4 heteroatoms. The predicted octanol–water partition coefficient (Wildman–Crippen LogP) is 3.50. The van der Waals surface area contributed by atoms with E-state index in [4.69, 9.17) is 9.84 Å². The van der Waals surface area contributed by atoms with Gasteiger partial charge in [0, 0.05) is 4.47 Å². The molecule has 0 aliphatic carbocycles. The third kappa shape index (κ3) is 3.73. The normalized spacial score (nSPS) is 11.3.